The number of fused-ring (bicyclic) bond motifs is 1. The van der Waals surface area contributed by atoms with Crippen molar-refractivity contribution in [3.05, 3.63) is 52.6 Å². The SMILES string of the molecule is C[C@@]1(O)[C@H](O)[C@@H](CO)O[C@H]1n1ccc(NC(CC2C=Nc3ccccc32)C(N)=O)nc1=O. The van der Waals surface area contributed by atoms with Crippen molar-refractivity contribution in [2.45, 2.75) is 49.3 Å². The van der Waals surface area contributed by atoms with Crippen molar-refractivity contribution >= 4 is 23.6 Å². The average molecular weight is 443 g/mol. The number of primary amides is 1. The van der Waals surface area contributed by atoms with Gasteiger partial charge in [0.1, 0.15) is 29.7 Å². The van der Waals surface area contributed by atoms with E-state index < -0.39 is 48.3 Å². The van der Waals surface area contributed by atoms with E-state index in [0.717, 1.165) is 15.8 Å². The predicted molar refractivity (Wildman–Crippen MR) is 115 cm³/mol. The molecule has 2 unspecified atom stereocenters. The van der Waals surface area contributed by atoms with Gasteiger partial charge in [-0.05, 0) is 31.0 Å². The van der Waals surface area contributed by atoms with E-state index in [-0.39, 0.29) is 11.7 Å². The Labute approximate surface area is 183 Å². The Balaban J connectivity index is 1.52. The molecule has 32 heavy (non-hydrogen) atoms. The molecule has 170 valence electrons. The van der Waals surface area contributed by atoms with Crippen LogP contribution in [-0.2, 0) is 9.53 Å². The van der Waals surface area contributed by atoms with Gasteiger partial charge in [0.15, 0.2) is 6.23 Å². The summed E-state index contributed by atoms with van der Waals surface area (Å²) < 4.78 is 6.47. The zero-order chi connectivity index (χ0) is 23.0. The maximum atomic E-state index is 12.6. The largest absolute Gasteiger partial charge is 0.394 e. The molecule has 1 amide bonds. The number of nitrogens with zero attached hydrogens (tertiary/aromatic N) is 3. The zero-order valence-corrected chi connectivity index (χ0v) is 17.3. The average Bonchev–Trinajstić information content (AvgIpc) is 3.26. The molecule has 2 aliphatic rings. The number of anilines is 1. The van der Waals surface area contributed by atoms with Gasteiger partial charge in [0, 0.05) is 18.3 Å². The van der Waals surface area contributed by atoms with Gasteiger partial charge in [0.05, 0.1) is 12.3 Å². The first-order valence-corrected chi connectivity index (χ1v) is 10.2. The van der Waals surface area contributed by atoms with Crippen LogP contribution in [0.1, 0.15) is 31.1 Å². The van der Waals surface area contributed by atoms with E-state index in [1.807, 2.05) is 24.3 Å². The van der Waals surface area contributed by atoms with Gasteiger partial charge in [0.25, 0.3) is 0 Å². The molecule has 6 atom stereocenters. The highest BCUT2D eigenvalue weighted by molar-refractivity contribution is 5.85. The van der Waals surface area contributed by atoms with E-state index in [0.29, 0.717) is 6.42 Å². The lowest BCUT2D eigenvalue weighted by atomic mass is 9.93. The fraction of sp³-hybridized carbons (Fsp3) is 0.429. The molecule has 2 aromatic rings. The van der Waals surface area contributed by atoms with Crippen molar-refractivity contribution < 1.29 is 24.9 Å². The molecule has 1 saturated heterocycles. The molecule has 6 N–H and O–H groups in total. The number of aliphatic hydroxyl groups excluding tert-OH is 2. The number of nitrogens with one attached hydrogen (secondary N) is 1. The number of aliphatic hydroxyl groups is 3. The van der Waals surface area contributed by atoms with Gasteiger partial charge in [-0.3, -0.25) is 14.4 Å². The number of rotatable bonds is 7. The Hall–Kier alpha value is -3.12. The third-order valence-corrected chi connectivity index (χ3v) is 5.90. The summed E-state index contributed by atoms with van der Waals surface area (Å²) in [5.74, 6) is -0.602. The lowest BCUT2D eigenvalue weighted by Crippen LogP contribution is -2.46. The van der Waals surface area contributed by atoms with Crippen molar-refractivity contribution in [3.8, 4) is 0 Å². The fourth-order valence-corrected chi connectivity index (χ4v) is 4.10. The van der Waals surface area contributed by atoms with Gasteiger partial charge in [-0.1, -0.05) is 18.2 Å². The Morgan fingerprint density at radius 3 is 2.78 bits per heavy atom. The summed E-state index contributed by atoms with van der Waals surface area (Å²) in [6, 6.07) is 8.23. The second-order valence-electron chi connectivity index (χ2n) is 8.16. The maximum absolute atomic E-state index is 12.6. The number of amides is 1. The Kier molecular flexibility index (Phi) is 5.82. The van der Waals surface area contributed by atoms with Gasteiger partial charge in [0.2, 0.25) is 5.91 Å². The van der Waals surface area contributed by atoms with Gasteiger partial charge in [-0.2, -0.15) is 4.98 Å². The molecular formula is C21H25N5O6. The summed E-state index contributed by atoms with van der Waals surface area (Å²) >= 11 is 0. The second-order valence-corrected chi connectivity index (χ2v) is 8.16. The number of hydrogen-bond acceptors (Lipinski definition) is 9. The number of aliphatic imine (C=N–C) groups is 1. The number of hydrogen-bond donors (Lipinski definition) is 5. The first-order valence-electron chi connectivity index (χ1n) is 10.2. The summed E-state index contributed by atoms with van der Waals surface area (Å²) in [6.45, 7) is 0.782. The molecule has 1 aromatic heterocycles. The van der Waals surface area contributed by atoms with Crippen LogP contribution in [0.25, 0.3) is 0 Å². The number of nitrogens with two attached hydrogens (primary N) is 1. The minimum Gasteiger partial charge on any atom is -0.394 e. The fourth-order valence-electron chi connectivity index (χ4n) is 4.10. The summed E-state index contributed by atoms with van der Waals surface area (Å²) in [5.41, 5.74) is 4.80. The molecular weight excluding hydrogens is 418 g/mol. The zero-order valence-electron chi connectivity index (χ0n) is 17.3. The van der Waals surface area contributed by atoms with Crippen molar-refractivity contribution in [1.82, 2.24) is 9.55 Å². The highest BCUT2D eigenvalue weighted by Gasteiger charge is 2.53. The van der Waals surface area contributed by atoms with E-state index in [2.05, 4.69) is 15.3 Å². The molecule has 11 heteroatoms. The Morgan fingerprint density at radius 1 is 1.38 bits per heavy atom. The molecule has 0 spiro atoms. The monoisotopic (exact) mass is 443 g/mol. The standard InChI is InChI=1S/C21H25N5O6/c1-21(31)17(28)15(10-27)32-19(21)26-7-6-16(25-20(26)30)24-14(18(22)29)8-11-9-23-13-5-3-2-4-12(11)13/h2-7,9,11,14-15,17,19,27-28,31H,8,10H2,1H3,(H2,22,29)(H,24,25,30)/t11?,14?,15-,17-,19-,21-/m1/s1. The molecule has 1 aromatic carbocycles. The van der Waals surface area contributed by atoms with Crippen LogP contribution in [0, 0.1) is 0 Å². The third kappa shape index (κ3) is 3.91. The van der Waals surface area contributed by atoms with Crippen LogP contribution in [0.4, 0.5) is 11.5 Å². The third-order valence-electron chi connectivity index (χ3n) is 5.90. The summed E-state index contributed by atoms with van der Waals surface area (Å²) in [4.78, 5) is 32.9. The number of benzene rings is 1. The number of ether oxygens (including phenoxy) is 1. The summed E-state index contributed by atoms with van der Waals surface area (Å²) in [7, 11) is 0. The second kappa shape index (κ2) is 8.43. The molecule has 0 bridgehead atoms. The van der Waals surface area contributed by atoms with Gasteiger partial charge in [-0.15, -0.1) is 0 Å². The van der Waals surface area contributed by atoms with Crippen molar-refractivity contribution in [2.24, 2.45) is 10.7 Å². The van der Waals surface area contributed by atoms with Crippen LogP contribution in [0.5, 0.6) is 0 Å². The lowest BCUT2D eigenvalue weighted by Gasteiger charge is -2.27. The quantitative estimate of drug-likeness (QED) is 0.377. The van der Waals surface area contributed by atoms with Crippen molar-refractivity contribution in [2.75, 3.05) is 11.9 Å². The molecule has 0 saturated carbocycles. The topological polar surface area (TPSA) is 172 Å². The highest BCUT2D eigenvalue weighted by atomic mass is 16.6. The van der Waals surface area contributed by atoms with Crippen LogP contribution in [-0.4, -0.2) is 67.5 Å². The normalized spacial score (nSPS) is 29.6. The van der Waals surface area contributed by atoms with Gasteiger partial charge in [-0.25, -0.2) is 4.79 Å². The summed E-state index contributed by atoms with van der Waals surface area (Å²) in [6.07, 6.45) is -0.274. The van der Waals surface area contributed by atoms with E-state index in [1.165, 1.54) is 19.2 Å². The van der Waals surface area contributed by atoms with E-state index >= 15 is 0 Å². The van der Waals surface area contributed by atoms with Gasteiger partial charge < -0.3 is 31.1 Å². The molecule has 4 rings (SSSR count). The summed E-state index contributed by atoms with van der Waals surface area (Å²) in [5, 5.41) is 32.9. The molecule has 1 fully saturated rings. The highest BCUT2D eigenvalue weighted by Crippen LogP contribution is 2.37. The van der Waals surface area contributed by atoms with E-state index in [4.69, 9.17) is 10.5 Å². The van der Waals surface area contributed by atoms with E-state index in [9.17, 15) is 24.9 Å². The van der Waals surface area contributed by atoms with Crippen LogP contribution >= 0.6 is 0 Å². The molecule has 3 heterocycles. The van der Waals surface area contributed by atoms with Crippen LogP contribution in [0.2, 0.25) is 0 Å². The number of carbonyl (C=O) groups excluding carboxylic acids is 1. The maximum Gasteiger partial charge on any atom is 0.351 e. The molecule has 2 aliphatic heterocycles. The predicted octanol–water partition coefficient (Wildman–Crippen LogP) is -0.599. The Morgan fingerprint density at radius 2 is 2.12 bits per heavy atom. The van der Waals surface area contributed by atoms with Crippen molar-refractivity contribution in [1.29, 1.82) is 0 Å². The van der Waals surface area contributed by atoms with Crippen molar-refractivity contribution in [3.63, 3.8) is 0 Å². The number of aromatic nitrogens is 2. The number of carbonyl (C=O) groups is 1. The van der Waals surface area contributed by atoms with Gasteiger partial charge >= 0.3 is 5.69 Å². The number of para-hydroxylation sites is 1. The minimum absolute atomic E-state index is 0.115. The molecule has 0 aliphatic carbocycles. The lowest BCUT2D eigenvalue weighted by molar-refractivity contribution is -0.118. The van der Waals surface area contributed by atoms with Crippen LogP contribution in [0.15, 0.2) is 46.3 Å². The minimum atomic E-state index is -1.82. The first kappa shape index (κ1) is 22.1. The molecule has 0 radical (unpaired) electrons. The van der Waals surface area contributed by atoms with E-state index in [1.54, 1.807) is 6.21 Å². The van der Waals surface area contributed by atoms with Crippen LogP contribution < -0.4 is 16.7 Å². The first-order chi connectivity index (χ1) is 15.2. The van der Waals surface area contributed by atoms with Crippen LogP contribution in [0.3, 0.4) is 0 Å². The Bertz CT molecular complexity index is 1100. The smallest absolute Gasteiger partial charge is 0.351 e. The molecule has 11 nitrogen and oxygen atoms in total.